The van der Waals surface area contributed by atoms with Gasteiger partial charge in [-0.3, -0.25) is 0 Å². The van der Waals surface area contributed by atoms with E-state index in [-0.39, 0.29) is 5.92 Å². The Morgan fingerprint density at radius 3 is 2.31 bits per heavy atom. The minimum Gasteiger partial charge on any atom is -0.227 e. The Kier molecular flexibility index (Phi) is 2.27. The topological polar surface area (TPSA) is 44.8 Å². The molecule has 3 fully saturated rings. The molecular weight excluding hydrogens is 191 g/mol. The van der Waals surface area contributed by atoms with Crippen molar-refractivity contribution < 1.29 is 18.1 Å². The largest absolute Gasteiger partial charge is 0.488 e. The molecule has 3 saturated heterocycles. The minimum absolute atomic E-state index is 0.225. The highest BCUT2D eigenvalue weighted by molar-refractivity contribution is 7.51. The Morgan fingerprint density at radius 2 is 1.92 bits per heavy atom. The maximum atomic E-state index is 11.0. The van der Waals surface area contributed by atoms with E-state index in [0.29, 0.717) is 0 Å². The first kappa shape index (κ1) is 9.66. The van der Waals surface area contributed by atoms with E-state index in [9.17, 15) is 4.57 Å². The second-order valence-electron chi connectivity index (χ2n) is 3.57. The van der Waals surface area contributed by atoms with Crippen LogP contribution in [0.1, 0.15) is 39.5 Å². The SMILES string of the molecule is CCCCC(CC)C12OP(=O)(O1)O2. The van der Waals surface area contributed by atoms with Gasteiger partial charge in [0.05, 0.1) is 0 Å². The minimum atomic E-state index is -2.99. The van der Waals surface area contributed by atoms with Gasteiger partial charge in [0.25, 0.3) is 0 Å². The molecule has 3 rings (SSSR count). The fourth-order valence-corrected chi connectivity index (χ4v) is 3.22. The number of rotatable bonds is 5. The molecular formula is C8H15O4P. The highest BCUT2D eigenvalue weighted by atomic mass is 31.2. The molecule has 13 heavy (non-hydrogen) atoms. The summed E-state index contributed by atoms with van der Waals surface area (Å²) >= 11 is 0. The van der Waals surface area contributed by atoms with Gasteiger partial charge in [-0.05, 0) is 12.8 Å². The molecule has 76 valence electrons. The molecule has 1 atom stereocenters. The standard InChI is InChI=1S/C8H15O4P/c1-3-5-6-7(4-2)8-10-13(9,11-8)12-8/h7H,3-6H2,1-2H3. The summed E-state index contributed by atoms with van der Waals surface area (Å²) in [5, 5.41) is 0. The number of unbranched alkanes of at least 4 members (excludes halogenated alkanes) is 1. The monoisotopic (exact) mass is 206 g/mol. The third kappa shape index (κ3) is 1.37. The van der Waals surface area contributed by atoms with E-state index in [1.807, 2.05) is 0 Å². The average Bonchev–Trinajstić information content (AvgIpc) is 2.00. The first-order valence-electron chi connectivity index (χ1n) is 4.86. The highest BCUT2D eigenvalue weighted by Gasteiger charge is 2.76. The van der Waals surface area contributed by atoms with Crippen LogP contribution in [-0.2, 0) is 18.1 Å². The first-order chi connectivity index (χ1) is 6.14. The summed E-state index contributed by atoms with van der Waals surface area (Å²) in [5.41, 5.74) is 0. The van der Waals surface area contributed by atoms with Crippen molar-refractivity contribution in [3.8, 4) is 0 Å². The molecule has 1 unspecified atom stereocenters. The Hall–Kier alpha value is 0.110. The van der Waals surface area contributed by atoms with Crippen LogP contribution in [0.25, 0.3) is 0 Å². The van der Waals surface area contributed by atoms with E-state index in [1.165, 1.54) is 0 Å². The fraction of sp³-hybridized carbons (Fsp3) is 1.00. The molecule has 0 aliphatic carbocycles. The van der Waals surface area contributed by atoms with Crippen LogP contribution in [0.2, 0.25) is 0 Å². The Morgan fingerprint density at radius 1 is 1.31 bits per heavy atom. The Labute approximate surface area is 78.2 Å². The molecule has 0 saturated carbocycles. The lowest BCUT2D eigenvalue weighted by Gasteiger charge is -2.58. The molecule has 3 aliphatic rings. The predicted molar refractivity (Wildman–Crippen MR) is 46.9 cm³/mol. The molecule has 0 aromatic rings. The third-order valence-corrected chi connectivity index (χ3v) is 4.05. The van der Waals surface area contributed by atoms with Gasteiger partial charge in [-0.2, -0.15) is 0 Å². The molecule has 2 bridgehead atoms. The van der Waals surface area contributed by atoms with Crippen molar-refractivity contribution in [2.24, 2.45) is 5.92 Å². The molecule has 0 amide bonds. The second kappa shape index (κ2) is 3.06. The zero-order chi connectivity index (χ0) is 9.53. The van der Waals surface area contributed by atoms with Crippen LogP contribution in [0, 0.1) is 5.92 Å². The van der Waals surface area contributed by atoms with Gasteiger partial charge in [-0.1, -0.05) is 26.7 Å². The molecule has 0 N–H and O–H groups in total. The van der Waals surface area contributed by atoms with E-state index >= 15 is 0 Å². The average molecular weight is 206 g/mol. The van der Waals surface area contributed by atoms with E-state index < -0.39 is 13.8 Å². The maximum absolute atomic E-state index is 11.0. The zero-order valence-electron chi connectivity index (χ0n) is 7.99. The number of hydrogen-bond acceptors (Lipinski definition) is 4. The van der Waals surface area contributed by atoms with E-state index in [2.05, 4.69) is 13.8 Å². The summed E-state index contributed by atoms with van der Waals surface area (Å²) in [7, 11) is -2.99. The lowest BCUT2D eigenvalue weighted by Crippen LogP contribution is -2.61. The van der Waals surface area contributed by atoms with Crippen molar-refractivity contribution in [3.63, 3.8) is 0 Å². The molecule has 3 aliphatic heterocycles. The molecule has 5 heteroatoms. The van der Waals surface area contributed by atoms with Crippen LogP contribution in [0.3, 0.4) is 0 Å². The highest BCUT2D eigenvalue weighted by Crippen LogP contribution is 2.82. The smallest absolute Gasteiger partial charge is 0.227 e. The lowest BCUT2D eigenvalue weighted by atomic mass is 9.97. The first-order valence-corrected chi connectivity index (χ1v) is 6.32. The summed E-state index contributed by atoms with van der Waals surface area (Å²) in [4.78, 5) is 0. The summed E-state index contributed by atoms with van der Waals surface area (Å²) in [6, 6.07) is 0. The zero-order valence-corrected chi connectivity index (χ0v) is 8.88. The van der Waals surface area contributed by atoms with Gasteiger partial charge < -0.3 is 0 Å². The normalized spacial score (nSPS) is 43.5. The molecule has 0 aromatic heterocycles. The fourth-order valence-electron chi connectivity index (χ4n) is 1.79. The van der Waals surface area contributed by atoms with Gasteiger partial charge in [0.15, 0.2) is 0 Å². The van der Waals surface area contributed by atoms with Crippen molar-refractivity contribution in [1.29, 1.82) is 0 Å². The van der Waals surface area contributed by atoms with Crippen molar-refractivity contribution >= 4 is 7.82 Å². The van der Waals surface area contributed by atoms with E-state index in [4.69, 9.17) is 13.6 Å². The van der Waals surface area contributed by atoms with E-state index in [1.54, 1.807) is 0 Å². The van der Waals surface area contributed by atoms with Crippen LogP contribution in [-0.4, -0.2) is 5.97 Å². The van der Waals surface area contributed by atoms with Gasteiger partial charge in [-0.15, -0.1) is 0 Å². The van der Waals surface area contributed by atoms with Crippen LogP contribution in [0.5, 0.6) is 0 Å². The molecule has 0 spiro atoms. The summed E-state index contributed by atoms with van der Waals surface area (Å²) in [6.45, 7) is 4.20. The van der Waals surface area contributed by atoms with Crippen LogP contribution < -0.4 is 0 Å². The summed E-state index contributed by atoms with van der Waals surface area (Å²) in [5.74, 6) is -0.692. The van der Waals surface area contributed by atoms with Crippen molar-refractivity contribution in [1.82, 2.24) is 0 Å². The Bertz CT molecular complexity index is 226. The second-order valence-corrected chi connectivity index (χ2v) is 5.01. The molecule has 4 nitrogen and oxygen atoms in total. The predicted octanol–water partition coefficient (Wildman–Crippen LogP) is 3.04. The van der Waals surface area contributed by atoms with Crippen molar-refractivity contribution in [3.05, 3.63) is 0 Å². The van der Waals surface area contributed by atoms with E-state index in [0.717, 1.165) is 25.7 Å². The molecule has 0 radical (unpaired) electrons. The lowest BCUT2D eigenvalue weighted by molar-refractivity contribution is -0.452. The van der Waals surface area contributed by atoms with Crippen molar-refractivity contribution in [2.75, 3.05) is 0 Å². The van der Waals surface area contributed by atoms with Crippen LogP contribution in [0.15, 0.2) is 0 Å². The van der Waals surface area contributed by atoms with Gasteiger partial charge in [0, 0.05) is 5.92 Å². The maximum Gasteiger partial charge on any atom is 0.488 e. The summed E-state index contributed by atoms with van der Waals surface area (Å²) in [6.07, 6.45) is 4.21. The van der Waals surface area contributed by atoms with Gasteiger partial charge in [0.1, 0.15) is 0 Å². The van der Waals surface area contributed by atoms with Crippen LogP contribution in [0.4, 0.5) is 0 Å². The van der Waals surface area contributed by atoms with Gasteiger partial charge in [0.2, 0.25) is 0 Å². The molecule has 0 aromatic carbocycles. The number of phosphoric acid groups is 1. The molecule has 3 heterocycles. The van der Waals surface area contributed by atoms with Gasteiger partial charge in [-0.25, -0.2) is 18.1 Å². The Balaban J connectivity index is 1.88. The summed E-state index contributed by atoms with van der Waals surface area (Å²) < 4.78 is 26.2. The number of hydrogen-bond donors (Lipinski definition) is 0. The third-order valence-electron chi connectivity index (χ3n) is 2.62. The van der Waals surface area contributed by atoms with Gasteiger partial charge >= 0.3 is 13.8 Å². The number of phosphoric ester groups is 1. The van der Waals surface area contributed by atoms with Crippen molar-refractivity contribution in [2.45, 2.75) is 45.5 Å². The van der Waals surface area contributed by atoms with Crippen LogP contribution >= 0.6 is 7.82 Å². The quantitative estimate of drug-likeness (QED) is 0.648.